The van der Waals surface area contributed by atoms with Crippen LogP contribution in [0.3, 0.4) is 0 Å². The summed E-state index contributed by atoms with van der Waals surface area (Å²) < 4.78 is 5.78. The molecule has 0 radical (unpaired) electrons. The molecule has 0 unspecified atom stereocenters. The van der Waals surface area contributed by atoms with Gasteiger partial charge < -0.3 is 15.0 Å². The van der Waals surface area contributed by atoms with Crippen LogP contribution in [-0.2, 0) is 9.59 Å². The van der Waals surface area contributed by atoms with Crippen molar-refractivity contribution >= 4 is 46.4 Å². The number of ether oxygens (including phenoxy) is 1. The maximum absolute atomic E-state index is 12.8. The molecule has 0 aromatic heterocycles. The third kappa shape index (κ3) is 4.20. The van der Waals surface area contributed by atoms with Crippen LogP contribution >= 0.6 is 23.2 Å². The minimum atomic E-state index is -1.01. The quantitative estimate of drug-likeness (QED) is 0.790. The molecule has 0 fully saturated rings. The number of benzene rings is 2. The smallest absolute Gasteiger partial charge is 0.270 e. The Bertz CT molecular complexity index is 912. The topological polar surface area (TPSA) is 58.6 Å². The molecule has 0 saturated heterocycles. The van der Waals surface area contributed by atoms with E-state index in [1.54, 1.807) is 49.1 Å². The Morgan fingerprint density at radius 3 is 2.63 bits per heavy atom. The van der Waals surface area contributed by atoms with Gasteiger partial charge in [0.2, 0.25) is 5.91 Å². The first-order chi connectivity index (χ1) is 12.7. The van der Waals surface area contributed by atoms with Gasteiger partial charge in [0.25, 0.3) is 5.91 Å². The van der Waals surface area contributed by atoms with Crippen LogP contribution in [0.25, 0.3) is 0 Å². The van der Waals surface area contributed by atoms with E-state index in [9.17, 15) is 9.59 Å². The Balaban J connectivity index is 1.74. The minimum absolute atomic E-state index is 0.124. The first kappa shape index (κ1) is 19.5. The van der Waals surface area contributed by atoms with Gasteiger partial charge in [0.1, 0.15) is 5.75 Å². The number of fused-ring (bicyclic) bond motifs is 1. The van der Waals surface area contributed by atoms with Crippen LogP contribution in [0.2, 0.25) is 10.0 Å². The molecule has 2 aromatic carbocycles. The predicted molar refractivity (Wildman–Crippen MR) is 108 cm³/mol. The molecule has 3 rings (SSSR count). The number of aryl methyl sites for hydroxylation is 1. The fraction of sp³-hybridized carbons (Fsp3) is 0.300. The van der Waals surface area contributed by atoms with Gasteiger partial charge in [0.05, 0.1) is 5.69 Å². The number of amides is 2. The Morgan fingerprint density at radius 1 is 1.19 bits per heavy atom. The highest BCUT2D eigenvalue weighted by atomic mass is 35.5. The van der Waals surface area contributed by atoms with E-state index < -0.39 is 5.60 Å². The Morgan fingerprint density at radius 2 is 1.93 bits per heavy atom. The lowest BCUT2D eigenvalue weighted by Gasteiger charge is -2.38. The zero-order chi connectivity index (χ0) is 19.8. The molecule has 1 heterocycles. The minimum Gasteiger partial charge on any atom is -0.476 e. The Kier molecular flexibility index (Phi) is 5.36. The molecule has 0 bridgehead atoms. The third-order valence-corrected chi connectivity index (χ3v) is 5.00. The molecule has 27 heavy (non-hydrogen) atoms. The van der Waals surface area contributed by atoms with Gasteiger partial charge in [-0.05, 0) is 56.7 Å². The molecular weight excluding hydrogens is 387 g/mol. The number of anilines is 2. The van der Waals surface area contributed by atoms with Gasteiger partial charge in [-0.1, -0.05) is 29.3 Å². The van der Waals surface area contributed by atoms with Gasteiger partial charge in [-0.25, -0.2) is 0 Å². The lowest BCUT2D eigenvalue weighted by Crippen LogP contribution is -2.53. The molecule has 7 heteroatoms. The van der Waals surface area contributed by atoms with E-state index in [1.807, 2.05) is 13.0 Å². The largest absolute Gasteiger partial charge is 0.476 e. The molecule has 1 aliphatic rings. The Hall–Kier alpha value is -2.24. The third-order valence-electron chi connectivity index (χ3n) is 4.36. The summed E-state index contributed by atoms with van der Waals surface area (Å²) in [7, 11) is 0. The lowest BCUT2D eigenvalue weighted by molar-refractivity contribution is -0.132. The van der Waals surface area contributed by atoms with Crippen molar-refractivity contribution in [2.75, 3.05) is 16.8 Å². The summed E-state index contributed by atoms with van der Waals surface area (Å²) in [5, 5.41) is 3.88. The molecule has 1 N–H and O–H groups in total. The monoisotopic (exact) mass is 406 g/mol. The maximum atomic E-state index is 12.8. The van der Waals surface area contributed by atoms with Crippen LogP contribution in [0.1, 0.15) is 25.8 Å². The first-order valence-corrected chi connectivity index (χ1v) is 9.29. The maximum Gasteiger partial charge on any atom is 0.270 e. The standard InChI is InChI=1S/C20H20Cl2N2O3/c1-12-4-6-14(11-15(12)22)23-18(25)8-9-24-16-10-13(21)5-7-17(16)27-20(2,3)19(24)26/h4-7,10-11H,8-9H2,1-3H3,(H,23,25). The average molecular weight is 407 g/mol. The molecule has 0 atom stereocenters. The number of carbonyl (C=O) groups is 2. The van der Waals surface area contributed by atoms with Gasteiger partial charge >= 0.3 is 0 Å². The van der Waals surface area contributed by atoms with E-state index in [4.69, 9.17) is 27.9 Å². The second-order valence-corrected chi connectivity index (χ2v) is 7.79. The molecule has 2 aromatic rings. The fourth-order valence-electron chi connectivity index (χ4n) is 2.87. The van der Waals surface area contributed by atoms with Gasteiger partial charge in [0, 0.05) is 28.7 Å². The van der Waals surface area contributed by atoms with Crippen LogP contribution < -0.4 is 15.0 Å². The van der Waals surface area contributed by atoms with E-state index >= 15 is 0 Å². The fourth-order valence-corrected chi connectivity index (χ4v) is 3.22. The summed E-state index contributed by atoms with van der Waals surface area (Å²) in [5.41, 5.74) is 1.11. The number of hydrogen-bond donors (Lipinski definition) is 1. The molecular formula is C20H20Cl2N2O3. The number of rotatable bonds is 4. The van der Waals surface area contributed by atoms with E-state index in [-0.39, 0.29) is 24.8 Å². The van der Waals surface area contributed by atoms with Gasteiger partial charge in [-0.2, -0.15) is 0 Å². The van der Waals surface area contributed by atoms with Crippen LogP contribution in [0.15, 0.2) is 36.4 Å². The molecule has 1 aliphatic heterocycles. The first-order valence-electron chi connectivity index (χ1n) is 8.54. The van der Waals surface area contributed by atoms with Crippen LogP contribution in [-0.4, -0.2) is 24.0 Å². The zero-order valence-corrected chi connectivity index (χ0v) is 16.8. The highest BCUT2D eigenvalue weighted by molar-refractivity contribution is 6.31. The van der Waals surface area contributed by atoms with Gasteiger partial charge in [-0.15, -0.1) is 0 Å². The number of carbonyl (C=O) groups excluding carboxylic acids is 2. The second-order valence-electron chi connectivity index (χ2n) is 6.94. The SMILES string of the molecule is Cc1ccc(NC(=O)CCN2C(=O)C(C)(C)Oc3ccc(Cl)cc32)cc1Cl. The normalized spacial score (nSPS) is 15.1. The van der Waals surface area contributed by atoms with E-state index in [0.717, 1.165) is 5.56 Å². The molecule has 0 aliphatic carbocycles. The number of halogens is 2. The van der Waals surface area contributed by atoms with Crippen molar-refractivity contribution in [3.05, 3.63) is 52.0 Å². The highest BCUT2D eigenvalue weighted by Gasteiger charge is 2.40. The van der Waals surface area contributed by atoms with Crippen molar-refractivity contribution in [2.24, 2.45) is 0 Å². The zero-order valence-electron chi connectivity index (χ0n) is 15.3. The number of nitrogens with zero attached hydrogens (tertiary/aromatic N) is 1. The summed E-state index contributed by atoms with van der Waals surface area (Å²) >= 11 is 12.2. The number of nitrogens with one attached hydrogen (secondary N) is 1. The summed E-state index contributed by atoms with van der Waals surface area (Å²) in [6.45, 7) is 5.51. The molecule has 0 spiro atoms. The highest BCUT2D eigenvalue weighted by Crippen LogP contribution is 2.39. The predicted octanol–water partition coefficient (Wildman–Crippen LogP) is 4.83. The molecule has 0 saturated carbocycles. The molecule has 2 amide bonds. The molecule has 142 valence electrons. The van der Waals surface area contributed by atoms with Gasteiger partial charge in [0.15, 0.2) is 5.60 Å². The van der Waals surface area contributed by atoms with Crippen LogP contribution in [0, 0.1) is 6.92 Å². The van der Waals surface area contributed by atoms with Gasteiger partial charge in [-0.3, -0.25) is 9.59 Å². The van der Waals surface area contributed by atoms with Crippen molar-refractivity contribution in [3.8, 4) is 5.75 Å². The summed E-state index contributed by atoms with van der Waals surface area (Å²) in [6.07, 6.45) is 0.124. The van der Waals surface area contributed by atoms with Crippen molar-refractivity contribution in [2.45, 2.75) is 32.8 Å². The van der Waals surface area contributed by atoms with E-state index in [0.29, 0.717) is 27.2 Å². The van der Waals surface area contributed by atoms with Crippen LogP contribution in [0.4, 0.5) is 11.4 Å². The summed E-state index contributed by atoms with van der Waals surface area (Å²) in [6, 6.07) is 10.4. The lowest BCUT2D eigenvalue weighted by atomic mass is 10.0. The summed E-state index contributed by atoms with van der Waals surface area (Å²) in [5.74, 6) is 0.133. The van der Waals surface area contributed by atoms with E-state index in [2.05, 4.69) is 5.32 Å². The van der Waals surface area contributed by atoms with Crippen molar-refractivity contribution in [1.29, 1.82) is 0 Å². The van der Waals surface area contributed by atoms with Crippen molar-refractivity contribution in [1.82, 2.24) is 0 Å². The summed E-state index contributed by atoms with van der Waals surface area (Å²) in [4.78, 5) is 26.7. The van der Waals surface area contributed by atoms with Crippen molar-refractivity contribution < 1.29 is 14.3 Å². The van der Waals surface area contributed by atoms with Crippen LogP contribution in [0.5, 0.6) is 5.75 Å². The van der Waals surface area contributed by atoms with Crippen molar-refractivity contribution in [3.63, 3.8) is 0 Å². The average Bonchev–Trinajstić information content (AvgIpc) is 2.59. The second kappa shape index (κ2) is 7.41. The Labute approximate surface area is 168 Å². The molecule has 5 nitrogen and oxygen atoms in total. The number of hydrogen-bond acceptors (Lipinski definition) is 3. The van der Waals surface area contributed by atoms with E-state index in [1.165, 1.54) is 0 Å².